The molecule has 0 aliphatic heterocycles. The predicted molar refractivity (Wildman–Crippen MR) is 78.6 cm³/mol. The minimum absolute atomic E-state index is 0.107. The number of benzene rings is 1. The van der Waals surface area contributed by atoms with Crippen molar-refractivity contribution in [1.29, 1.82) is 0 Å². The van der Waals surface area contributed by atoms with Gasteiger partial charge in [-0.3, -0.25) is 0 Å². The van der Waals surface area contributed by atoms with Gasteiger partial charge in [0.05, 0.1) is 17.7 Å². The highest BCUT2D eigenvalue weighted by Gasteiger charge is 2.11. The van der Waals surface area contributed by atoms with Gasteiger partial charge < -0.3 is 20.5 Å². The first-order chi connectivity index (χ1) is 8.93. The maximum absolute atomic E-state index is 11.6. The van der Waals surface area contributed by atoms with Crippen LogP contribution in [0.3, 0.4) is 0 Å². The Balaban J connectivity index is 2.51. The van der Waals surface area contributed by atoms with Gasteiger partial charge in [0.15, 0.2) is 0 Å². The van der Waals surface area contributed by atoms with Crippen molar-refractivity contribution in [3.63, 3.8) is 0 Å². The number of aliphatic hydroxyl groups excluding tert-OH is 1. The normalized spacial score (nSPS) is 12.1. The highest BCUT2D eigenvalue weighted by atomic mass is 79.9. The third kappa shape index (κ3) is 5.08. The lowest BCUT2D eigenvalue weighted by atomic mass is 10.1. The molecular formula is C13H19BrN2O3. The standard InChI is InChI=1S/C13H19BrN2O3/c1-8(2)11(17)7-15-13(18)16-9-4-5-12(19-3)10(14)6-9/h4-6,8,11,17H,7H2,1-3H3,(H2,15,16,18)/t11-/m1/s1. The van der Waals surface area contributed by atoms with Crippen molar-refractivity contribution in [1.82, 2.24) is 5.32 Å². The number of urea groups is 1. The number of carbonyl (C=O) groups is 1. The van der Waals surface area contributed by atoms with Gasteiger partial charge in [-0.05, 0) is 40.0 Å². The molecule has 1 atom stereocenters. The number of halogens is 1. The monoisotopic (exact) mass is 330 g/mol. The van der Waals surface area contributed by atoms with Crippen LogP contribution in [-0.4, -0.2) is 30.9 Å². The van der Waals surface area contributed by atoms with Crippen LogP contribution in [0.4, 0.5) is 10.5 Å². The molecule has 5 nitrogen and oxygen atoms in total. The Morgan fingerprint density at radius 2 is 2.16 bits per heavy atom. The Morgan fingerprint density at radius 1 is 1.47 bits per heavy atom. The lowest BCUT2D eigenvalue weighted by molar-refractivity contribution is 0.126. The molecule has 1 rings (SSSR count). The Bertz CT molecular complexity index is 438. The minimum atomic E-state index is -0.548. The highest BCUT2D eigenvalue weighted by molar-refractivity contribution is 9.10. The van der Waals surface area contributed by atoms with Crippen LogP contribution in [0.2, 0.25) is 0 Å². The van der Waals surface area contributed by atoms with Gasteiger partial charge in [-0.15, -0.1) is 0 Å². The number of anilines is 1. The van der Waals surface area contributed by atoms with Crippen molar-refractivity contribution >= 4 is 27.6 Å². The molecule has 0 aliphatic rings. The van der Waals surface area contributed by atoms with Crippen LogP contribution >= 0.6 is 15.9 Å². The number of rotatable bonds is 5. The van der Waals surface area contributed by atoms with Gasteiger partial charge in [-0.1, -0.05) is 13.8 Å². The summed E-state index contributed by atoms with van der Waals surface area (Å²) in [6.45, 7) is 4.01. The number of nitrogens with one attached hydrogen (secondary N) is 2. The SMILES string of the molecule is COc1ccc(NC(=O)NC[C@@H](O)C(C)C)cc1Br. The average Bonchev–Trinajstić information content (AvgIpc) is 2.36. The molecule has 0 saturated carbocycles. The van der Waals surface area contributed by atoms with E-state index in [4.69, 9.17) is 4.74 Å². The molecule has 0 spiro atoms. The number of methoxy groups -OCH3 is 1. The second-order valence-electron chi connectivity index (χ2n) is 4.50. The molecule has 0 unspecified atom stereocenters. The van der Waals surface area contributed by atoms with Gasteiger partial charge in [0.25, 0.3) is 0 Å². The number of hydrogen-bond acceptors (Lipinski definition) is 3. The fourth-order valence-electron chi connectivity index (χ4n) is 1.35. The summed E-state index contributed by atoms with van der Waals surface area (Å²) in [7, 11) is 1.58. The second-order valence-corrected chi connectivity index (χ2v) is 5.35. The smallest absolute Gasteiger partial charge is 0.319 e. The van der Waals surface area contributed by atoms with E-state index in [0.717, 1.165) is 4.47 Å². The van der Waals surface area contributed by atoms with Crippen LogP contribution in [0.15, 0.2) is 22.7 Å². The van der Waals surface area contributed by atoms with Crippen molar-refractivity contribution < 1.29 is 14.6 Å². The summed E-state index contributed by atoms with van der Waals surface area (Å²) in [5, 5.41) is 14.9. The molecule has 19 heavy (non-hydrogen) atoms. The third-order valence-electron chi connectivity index (χ3n) is 2.65. The summed E-state index contributed by atoms with van der Waals surface area (Å²) in [6, 6.07) is 4.89. The van der Waals surface area contributed by atoms with E-state index >= 15 is 0 Å². The zero-order chi connectivity index (χ0) is 14.4. The molecule has 2 amide bonds. The molecule has 0 fully saturated rings. The van der Waals surface area contributed by atoms with Crippen molar-refractivity contribution in [3.8, 4) is 5.75 Å². The minimum Gasteiger partial charge on any atom is -0.496 e. The topological polar surface area (TPSA) is 70.6 Å². The van der Waals surface area contributed by atoms with Gasteiger partial charge in [-0.2, -0.15) is 0 Å². The fraction of sp³-hybridized carbons (Fsp3) is 0.462. The average molecular weight is 331 g/mol. The molecule has 3 N–H and O–H groups in total. The van der Waals surface area contributed by atoms with Gasteiger partial charge in [0.2, 0.25) is 0 Å². The van der Waals surface area contributed by atoms with Crippen LogP contribution in [-0.2, 0) is 0 Å². The van der Waals surface area contributed by atoms with Gasteiger partial charge >= 0.3 is 6.03 Å². The molecule has 106 valence electrons. The number of carbonyl (C=O) groups excluding carboxylic acids is 1. The predicted octanol–water partition coefficient (Wildman–Crippen LogP) is 2.60. The summed E-state index contributed by atoms with van der Waals surface area (Å²) < 4.78 is 5.86. The van der Waals surface area contributed by atoms with Crippen LogP contribution in [0, 0.1) is 5.92 Å². The maximum Gasteiger partial charge on any atom is 0.319 e. The zero-order valence-electron chi connectivity index (χ0n) is 11.2. The maximum atomic E-state index is 11.6. The largest absolute Gasteiger partial charge is 0.496 e. The first-order valence-corrected chi connectivity index (χ1v) is 6.79. The van der Waals surface area contributed by atoms with E-state index in [1.165, 1.54) is 0 Å². The first-order valence-electron chi connectivity index (χ1n) is 6.00. The van der Waals surface area contributed by atoms with Crippen LogP contribution in [0.5, 0.6) is 5.75 Å². The van der Waals surface area contributed by atoms with Crippen molar-refractivity contribution in [2.24, 2.45) is 5.92 Å². The molecular weight excluding hydrogens is 312 g/mol. The molecule has 0 radical (unpaired) electrons. The summed E-state index contributed by atoms with van der Waals surface area (Å²) >= 11 is 3.34. The van der Waals surface area contributed by atoms with Crippen LogP contribution < -0.4 is 15.4 Å². The van der Waals surface area contributed by atoms with Gasteiger partial charge in [-0.25, -0.2) is 4.79 Å². The lowest BCUT2D eigenvalue weighted by Crippen LogP contribution is -2.37. The first kappa shape index (κ1) is 15.8. The van der Waals surface area contributed by atoms with Crippen molar-refractivity contribution in [3.05, 3.63) is 22.7 Å². The Morgan fingerprint density at radius 3 is 2.68 bits per heavy atom. The van der Waals surface area contributed by atoms with Crippen LogP contribution in [0.25, 0.3) is 0 Å². The van der Waals surface area contributed by atoms with Crippen LogP contribution in [0.1, 0.15) is 13.8 Å². The molecule has 6 heteroatoms. The lowest BCUT2D eigenvalue weighted by Gasteiger charge is -2.15. The molecule has 0 aliphatic carbocycles. The summed E-state index contributed by atoms with van der Waals surface area (Å²) in [4.78, 5) is 11.6. The van der Waals surface area contributed by atoms with E-state index in [-0.39, 0.29) is 18.5 Å². The molecule has 1 aromatic carbocycles. The zero-order valence-corrected chi connectivity index (χ0v) is 12.8. The third-order valence-corrected chi connectivity index (χ3v) is 3.27. The van der Waals surface area contributed by atoms with E-state index in [1.807, 2.05) is 13.8 Å². The summed E-state index contributed by atoms with van der Waals surface area (Å²) in [6.07, 6.45) is -0.548. The fourth-order valence-corrected chi connectivity index (χ4v) is 1.89. The van der Waals surface area contributed by atoms with Gasteiger partial charge in [0.1, 0.15) is 5.75 Å². The second kappa shape index (κ2) is 7.35. The van der Waals surface area contributed by atoms with E-state index in [2.05, 4.69) is 26.6 Å². The number of amides is 2. The molecule has 0 heterocycles. The Hall–Kier alpha value is -1.27. The van der Waals surface area contributed by atoms with E-state index < -0.39 is 6.10 Å². The summed E-state index contributed by atoms with van der Waals surface area (Å²) in [5.41, 5.74) is 0.643. The number of aliphatic hydroxyl groups is 1. The number of hydrogen-bond donors (Lipinski definition) is 3. The van der Waals surface area contributed by atoms with E-state index in [0.29, 0.717) is 11.4 Å². The molecule has 0 bridgehead atoms. The molecule has 1 aromatic rings. The van der Waals surface area contributed by atoms with Gasteiger partial charge in [0, 0.05) is 12.2 Å². The summed E-state index contributed by atoms with van der Waals surface area (Å²) in [5.74, 6) is 0.802. The van der Waals surface area contributed by atoms with E-state index in [1.54, 1.807) is 25.3 Å². The van der Waals surface area contributed by atoms with E-state index in [9.17, 15) is 9.90 Å². The number of ether oxygens (including phenoxy) is 1. The van der Waals surface area contributed by atoms with Crippen molar-refractivity contribution in [2.45, 2.75) is 20.0 Å². The Labute approximate surface area is 121 Å². The highest BCUT2D eigenvalue weighted by Crippen LogP contribution is 2.27. The molecule has 0 aromatic heterocycles. The Kier molecular flexibility index (Phi) is 6.11. The molecule has 0 saturated heterocycles. The quantitative estimate of drug-likeness (QED) is 0.777. The van der Waals surface area contributed by atoms with Crippen molar-refractivity contribution in [2.75, 3.05) is 19.0 Å².